The molecule has 0 fully saturated rings. The van der Waals surface area contributed by atoms with Crippen molar-refractivity contribution in [2.45, 2.75) is 6.61 Å². The van der Waals surface area contributed by atoms with Crippen molar-refractivity contribution in [2.24, 2.45) is 0 Å². The first-order chi connectivity index (χ1) is 16.0. The van der Waals surface area contributed by atoms with Crippen molar-refractivity contribution in [3.05, 3.63) is 97.1 Å². The van der Waals surface area contributed by atoms with Gasteiger partial charge in [0.1, 0.15) is 18.1 Å². The lowest BCUT2D eigenvalue weighted by atomic mass is 10.0. The van der Waals surface area contributed by atoms with E-state index < -0.39 is 10.0 Å². The lowest BCUT2D eigenvalue weighted by Gasteiger charge is -2.08. The van der Waals surface area contributed by atoms with E-state index in [-0.39, 0.29) is 0 Å². The summed E-state index contributed by atoms with van der Waals surface area (Å²) in [7, 11) is -3.53. The summed E-state index contributed by atoms with van der Waals surface area (Å²) in [5, 5.41) is 5.42. The number of rotatable bonds is 6. The molecule has 0 unspecified atom stereocenters. The van der Waals surface area contributed by atoms with E-state index in [0.29, 0.717) is 23.6 Å². The van der Waals surface area contributed by atoms with Crippen LogP contribution >= 0.6 is 0 Å². The van der Waals surface area contributed by atoms with E-state index in [1.54, 1.807) is 12.4 Å². The zero-order valence-electron chi connectivity index (χ0n) is 17.8. The number of fused-ring (bicyclic) bond motifs is 1. The van der Waals surface area contributed by atoms with Gasteiger partial charge in [0.25, 0.3) is 10.0 Å². The zero-order chi connectivity index (χ0) is 22.8. The van der Waals surface area contributed by atoms with Crippen molar-refractivity contribution in [3.63, 3.8) is 0 Å². The Bertz CT molecular complexity index is 1530. The molecule has 0 aliphatic rings. The second-order valence-corrected chi connectivity index (χ2v) is 9.41. The third-order valence-electron chi connectivity index (χ3n) is 5.19. The molecule has 0 amide bonds. The van der Waals surface area contributed by atoms with Crippen LogP contribution in [0, 0.1) is 0 Å². The first-order valence-electron chi connectivity index (χ1n) is 10.3. The number of hydrogen-bond acceptors (Lipinski definition) is 6. The highest BCUT2D eigenvalue weighted by molar-refractivity contribution is 7.89. The Morgan fingerprint density at radius 2 is 1.64 bits per heavy atom. The van der Waals surface area contributed by atoms with Gasteiger partial charge in [-0.2, -0.15) is 9.19 Å². The molecule has 0 atom stereocenters. The Hall–Kier alpha value is -4.04. The van der Waals surface area contributed by atoms with Gasteiger partial charge >= 0.3 is 0 Å². The van der Waals surface area contributed by atoms with Gasteiger partial charge in [-0.25, -0.2) is 13.4 Å². The highest BCUT2D eigenvalue weighted by atomic mass is 32.2. The summed E-state index contributed by atoms with van der Waals surface area (Å²) in [5.41, 5.74) is 4.65. The molecular weight excluding hydrogens is 436 g/mol. The average molecular weight is 457 g/mol. The first kappa shape index (κ1) is 20.8. The fourth-order valence-corrected chi connectivity index (χ4v) is 4.06. The van der Waals surface area contributed by atoms with Gasteiger partial charge < -0.3 is 4.74 Å². The van der Waals surface area contributed by atoms with Gasteiger partial charge in [-0.3, -0.25) is 4.98 Å². The Labute approximate surface area is 191 Å². The van der Waals surface area contributed by atoms with E-state index in [9.17, 15) is 8.42 Å². The molecule has 0 bridgehead atoms. The Morgan fingerprint density at radius 1 is 0.879 bits per heavy atom. The molecule has 0 aliphatic heterocycles. The topological polar surface area (TPSA) is 87.0 Å². The van der Waals surface area contributed by atoms with E-state index in [0.717, 1.165) is 38.1 Å². The molecule has 0 N–H and O–H groups in total. The quantitative estimate of drug-likeness (QED) is 0.373. The second kappa shape index (κ2) is 8.48. The lowest BCUT2D eigenvalue weighted by Crippen LogP contribution is -2.10. The van der Waals surface area contributed by atoms with Gasteiger partial charge in [-0.1, -0.05) is 24.3 Å². The highest BCUT2D eigenvalue weighted by Crippen LogP contribution is 2.32. The summed E-state index contributed by atoms with van der Waals surface area (Å²) in [6, 6.07) is 23.0. The maximum absolute atomic E-state index is 12.1. The Morgan fingerprint density at radius 3 is 2.39 bits per heavy atom. The molecule has 0 spiro atoms. The SMILES string of the molecule is CS(=O)(=O)n1cc(-c2ccncc2)c(-c2ccc(OCc3ccc4ccccc4n3)cc2)n1. The Kier molecular flexibility index (Phi) is 5.35. The number of benzene rings is 2. The van der Waals surface area contributed by atoms with Crippen LogP contribution in [0.2, 0.25) is 0 Å². The fourth-order valence-electron chi connectivity index (χ4n) is 3.53. The molecule has 33 heavy (non-hydrogen) atoms. The molecule has 3 aromatic heterocycles. The maximum atomic E-state index is 12.1. The number of para-hydroxylation sites is 1. The van der Waals surface area contributed by atoms with E-state index >= 15 is 0 Å². The molecule has 3 heterocycles. The van der Waals surface area contributed by atoms with Gasteiger partial charge in [-0.05, 0) is 54.1 Å². The predicted molar refractivity (Wildman–Crippen MR) is 127 cm³/mol. The van der Waals surface area contributed by atoms with Gasteiger partial charge in [0, 0.05) is 28.9 Å². The number of aromatic nitrogens is 4. The monoisotopic (exact) mass is 456 g/mol. The standard InChI is InChI=1S/C25H20N4O3S/c1-33(30,31)29-16-23(18-12-14-26-15-13-18)25(28-29)20-7-10-22(11-8-20)32-17-21-9-6-19-4-2-3-5-24(19)27-21/h2-16H,17H2,1H3. The van der Waals surface area contributed by atoms with Gasteiger partial charge in [0.15, 0.2) is 0 Å². The van der Waals surface area contributed by atoms with Crippen LogP contribution in [0.3, 0.4) is 0 Å². The third kappa shape index (κ3) is 4.47. The van der Waals surface area contributed by atoms with Crippen molar-refractivity contribution >= 4 is 20.9 Å². The molecule has 0 saturated heterocycles. The van der Waals surface area contributed by atoms with Crippen molar-refractivity contribution in [1.82, 2.24) is 19.2 Å². The van der Waals surface area contributed by atoms with E-state index in [4.69, 9.17) is 4.74 Å². The number of nitrogens with zero attached hydrogens (tertiary/aromatic N) is 4. The highest BCUT2D eigenvalue weighted by Gasteiger charge is 2.17. The smallest absolute Gasteiger partial charge is 0.250 e. The zero-order valence-corrected chi connectivity index (χ0v) is 18.6. The van der Waals surface area contributed by atoms with Crippen LogP contribution in [0.15, 0.2) is 91.4 Å². The van der Waals surface area contributed by atoms with Gasteiger partial charge in [0.05, 0.1) is 23.7 Å². The fraction of sp³-hybridized carbons (Fsp3) is 0.0800. The number of ether oxygens (including phenoxy) is 1. The molecular formula is C25H20N4O3S. The molecule has 2 aromatic carbocycles. The average Bonchev–Trinajstić information content (AvgIpc) is 3.30. The van der Waals surface area contributed by atoms with Gasteiger partial charge in [0.2, 0.25) is 0 Å². The van der Waals surface area contributed by atoms with E-state index in [2.05, 4.69) is 15.1 Å². The van der Waals surface area contributed by atoms with Crippen molar-refractivity contribution < 1.29 is 13.2 Å². The first-order valence-corrected chi connectivity index (χ1v) is 12.1. The summed E-state index contributed by atoms with van der Waals surface area (Å²) >= 11 is 0. The normalized spacial score (nSPS) is 11.5. The summed E-state index contributed by atoms with van der Waals surface area (Å²) < 4.78 is 31.1. The predicted octanol–water partition coefficient (Wildman–Crippen LogP) is 4.55. The van der Waals surface area contributed by atoms with Crippen LogP contribution in [-0.4, -0.2) is 33.8 Å². The number of pyridine rings is 2. The van der Waals surface area contributed by atoms with Crippen LogP contribution in [0.25, 0.3) is 33.3 Å². The summed E-state index contributed by atoms with van der Waals surface area (Å²) in [5.74, 6) is 0.682. The van der Waals surface area contributed by atoms with Crippen LogP contribution in [0.4, 0.5) is 0 Å². The van der Waals surface area contributed by atoms with Crippen molar-refractivity contribution in [2.75, 3.05) is 6.26 Å². The van der Waals surface area contributed by atoms with Crippen LogP contribution < -0.4 is 4.74 Å². The van der Waals surface area contributed by atoms with Gasteiger partial charge in [-0.15, -0.1) is 0 Å². The molecule has 0 aliphatic carbocycles. The van der Waals surface area contributed by atoms with Crippen LogP contribution in [0.5, 0.6) is 5.75 Å². The van der Waals surface area contributed by atoms with Crippen molar-refractivity contribution in [3.8, 4) is 28.1 Å². The van der Waals surface area contributed by atoms with Crippen LogP contribution in [-0.2, 0) is 16.6 Å². The van der Waals surface area contributed by atoms with Crippen molar-refractivity contribution in [1.29, 1.82) is 0 Å². The molecule has 0 radical (unpaired) electrons. The molecule has 5 aromatic rings. The molecule has 164 valence electrons. The summed E-state index contributed by atoms with van der Waals surface area (Å²) in [6.45, 7) is 0.342. The molecule has 0 saturated carbocycles. The maximum Gasteiger partial charge on any atom is 0.250 e. The van der Waals surface area contributed by atoms with E-state index in [1.165, 1.54) is 6.20 Å². The molecule has 8 heteroatoms. The van der Waals surface area contributed by atoms with Crippen LogP contribution in [0.1, 0.15) is 5.69 Å². The second-order valence-electron chi connectivity index (χ2n) is 7.57. The summed E-state index contributed by atoms with van der Waals surface area (Å²) in [4.78, 5) is 8.66. The Balaban J connectivity index is 1.40. The van der Waals surface area contributed by atoms with E-state index in [1.807, 2.05) is 72.8 Å². The third-order valence-corrected chi connectivity index (χ3v) is 6.06. The molecule has 7 nitrogen and oxygen atoms in total. The largest absolute Gasteiger partial charge is 0.487 e. The minimum atomic E-state index is -3.53. The number of hydrogen-bond donors (Lipinski definition) is 0. The molecule has 5 rings (SSSR count). The summed E-state index contributed by atoms with van der Waals surface area (Å²) in [6.07, 6.45) is 5.97. The minimum Gasteiger partial charge on any atom is -0.487 e. The lowest BCUT2D eigenvalue weighted by molar-refractivity contribution is 0.302. The minimum absolute atomic E-state index is 0.342.